The Labute approximate surface area is 67.6 Å². The van der Waals surface area contributed by atoms with Gasteiger partial charge >= 0.3 is 0 Å². The number of pyridine rings is 1. The summed E-state index contributed by atoms with van der Waals surface area (Å²) >= 11 is 0. The summed E-state index contributed by atoms with van der Waals surface area (Å²) in [5, 5.41) is 1.93. The molecule has 0 aliphatic carbocycles. The Morgan fingerprint density at radius 1 is 1.08 bits per heavy atom. The highest BCUT2D eigenvalue weighted by atomic mass is 16.3. The van der Waals surface area contributed by atoms with Crippen LogP contribution in [0.1, 0.15) is 0 Å². The average Bonchev–Trinajstić information content (AvgIpc) is 2.71. The first-order valence-corrected chi connectivity index (χ1v) is 3.64. The number of furan rings is 2. The lowest BCUT2D eigenvalue weighted by Crippen LogP contribution is -1.71. The van der Waals surface area contributed by atoms with E-state index in [9.17, 15) is 0 Å². The molecule has 3 aromatic heterocycles. The Balaban J connectivity index is 2.71. The molecule has 58 valence electrons. The van der Waals surface area contributed by atoms with E-state index in [2.05, 4.69) is 4.98 Å². The normalized spacial score (nSPS) is 11.3. The summed E-state index contributed by atoms with van der Waals surface area (Å²) in [6.07, 6.45) is 5.00. The summed E-state index contributed by atoms with van der Waals surface area (Å²) in [5.41, 5.74) is 1.46. The molecule has 0 aliphatic rings. The number of nitrogens with zero attached hydrogens (tertiary/aromatic N) is 1. The van der Waals surface area contributed by atoms with Crippen molar-refractivity contribution in [2.45, 2.75) is 0 Å². The fraction of sp³-hybridized carbons (Fsp3) is 0. The third-order valence-corrected chi connectivity index (χ3v) is 1.91. The molecule has 0 unspecified atom stereocenters. The quantitative estimate of drug-likeness (QED) is 0.506. The molecule has 3 heteroatoms. The van der Waals surface area contributed by atoms with Crippen molar-refractivity contribution >= 4 is 22.1 Å². The minimum atomic E-state index is 0.623. The lowest BCUT2D eigenvalue weighted by Gasteiger charge is -1.87. The highest BCUT2D eigenvalue weighted by molar-refractivity contribution is 5.99. The molecule has 12 heavy (non-hydrogen) atoms. The van der Waals surface area contributed by atoms with Gasteiger partial charge in [0, 0.05) is 11.6 Å². The molecule has 0 radical (unpaired) electrons. The first-order valence-electron chi connectivity index (χ1n) is 3.64. The standard InChI is InChI=1S/C9H5NO2/c1-3-11-8-6(1)5-10-9-7(8)2-4-12-9/h1-5H. The molecule has 0 N–H and O–H groups in total. The molecule has 3 rings (SSSR count). The number of hydrogen-bond donors (Lipinski definition) is 0. The van der Waals surface area contributed by atoms with E-state index >= 15 is 0 Å². The van der Waals surface area contributed by atoms with Crippen molar-refractivity contribution < 1.29 is 8.83 Å². The average molecular weight is 159 g/mol. The molecular formula is C9H5NO2. The summed E-state index contributed by atoms with van der Waals surface area (Å²) in [6, 6.07) is 3.74. The Bertz CT molecular complexity index is 486. The van der Waals surface area contributed by atoms with Gasteiger partial charge < -0.3 is 8.83 Å². The van der Waals surface area contributed by atoms with Gasteiger partial charge in [0.1, 0.15) is 5.58 Å². The topological polar surface area (TPSA) is 39.2 Å². The predicted molar refractivity (Wildman–Crippen MR) is 43.8 cm³/mol. The van der Waals surface area contributed by atoms with Gasteiger partial charge in [0.25, 0.3) is 0 Å². The van der Waals surface area contributed by atoms with Crippen molar-refractivity contribution in [2.24, 2.45) is 0 Å². The van der Waals surface area contributed by atoms with E-state index < -0.39 is 0 Å². The number of rotatable bonds is 0. The van der Waals surface area contributed by atoms with E-state index in [0.29, 0.717) is 5.71 Å². The minimum Gasteiger partial charge on any atom is -0.463 e. The molecule has 0 atom stereocenters. The zero-order valence-corrected chi connectivity index (χ0v) is 6.15. The molecule has 0 fully saturated rings. The zero-order chi connectivity index (χ0) is 7.97. The summed E-state index contributed by atoms with van der Waals surface area (Å²) in [4.78, 5) is 4.11. The molecule has 0 spiro atoms. The van der Waals surface area contributed by atoms with Crippen LogP contribution in [0.5, 0.6) is 0 Å². The lowest BCUT2D eigenvalue weighted by atomic mass is 10.3. The maximum atomic E-state index is 5.29. The summed E-state index contributed by atoms with van der Waals surface area (Å²) in [5.74, 6) is 0. The fourth-order valence-corrected chi connectivity index (χ4v) is 1.34. The first-order chi connectivity index (χ1) is 5.95. The van der Waals surface area contributed by atoms with E-state index in [0.717, 1.165) is 16.4 Å². The SMILES string of the molecule is c1cc2c(ncc3ccoc32)o1. The van der Waals surface area contributed by atoms with Crippen molar-refractivity contribution in [3.8, 4) is 0 Å². The third-order valence-electron chi connectivity index (χ3n) is 1.91. The first kappa shape index (κ1) is 5.83. The van der Waals surface area contributed by atoms with Crippen LogP contribution in [0.3, 0.4) is 0 Å². The van der Waals surface area contributed by atoms with Gasteiger partial charge in [0.2, 0.25) is 5.71 Å². The largest absolute Gasteiger partial charge is 0.463 e. The van der Waals surface area contributed by atoms with Gasteiger partial charge in [-0.25, -0.2) is 4.98 Å². The number of aromatic nitrogens is 1. The highest BCUT2D eigenvalue weighted by Crippen LogP contribution is 2.24. The Hall–Kier alpha value is -1.77. The van der Waals surface area contributed by atoms with Crippen LogP contribution in [0.15, 0.2) is 39.7 Å². The molecule has 3 aromatic rings. The van der Waals surface area contributed by atoms with E-state index in [1.807, 2.05) is 12.1 Å². The smallest absolute Gasteiger partial charge is 0.229 e. The van der Waals surface area contributed by atoms with Crippen LogP contribution in [0.4, 0.5) is 0 Å². The fourth-order valence-electron chi connectivity index (χ4n) is 1.34. The molecule has 0 amide bonds. The summed E-state index contributed by atoms with van der Waals surface area (Å²) < 4.78 is 10.4. The van der Waals surface area contributed by atoms with E-state index in [4.69, 9.17) is 8.83 Å². The summed E-state index contributed by atoms with van der Waals surface area (Å²) in [6.45, 7) is 0. The van der Waals surface area contributed by atoms with Crippen molar-refractivity contribution in [3.63, 3.8) is 0 Å². The minimum absolute atomic E-state index is 0.623. The van der Waals surface area contributed by atoms with Crippen molar-refractivity contribution in [3.05, 3.63) is 30.9 Å². The predicted octanol–water partition coefficient (Wildman–Crippen LogP) is 2.57. The molecule has 0 aromatic carbocycles. The maximum Gasteiger partial charge on any atom is 0.229 e. The van der Waals surface area contributed by atoms with E-state index in [-0.39, 0.29) is 0 Å². The van der Waals surface area contributed by atoms with Gasteiger partial charge in [-0.3, -0.25) is 0 Å². The second kappa shape index (κ2) is 1.88. The lowest BCUT2D eigenvalue weighted by molar-refractivity contribution is 0.601. The Morgan fingerprint density at radius 2 is 2.00 bits per heavy atom. The molecule has 0 bridgehead atoms. The number of fused-ring (bicyclic) bond motifs is 3. The molecule has 3 nitrogen and oxygen atoms in total. The maximum absolute atomic E-state index is 5.29. The summed E-state index contributed by atoms with van der Waals surface area (Å²) in [7, 11) is 0. The van der Waals surface area contributed by atoms with Crippen molar-refractivity contribution in [2.75, 3.05) is 0 Å². The molecular weight excluding hydrogens is 154 g/mol. The van der Waals surface area contributed by atoms with Gasteiger partial charge in [0.05, 0.1) is 17.9 Å². The van der Waals surface area contributed by atoms with Crippen LogP contribution in [0.2, 0.25) is 0 Å². The molecule has 0 aliphatic heterocycles. The number of hydrogen-bond acceptors (Lipinski definition) is 3. The van der Waals surface area contributed by atoms with Crippen LogP contribution in [0, 0.1) is 0 Å². The van der Waals surface area contributed by atoms with Crippen molar-refractivity contribution in [1.82, 2.24) is 4.98 Å². The molecule has 0 saturated heterocycles. The van der Waals surface area contributed by atoms with Gasteiger partial charge in [-0.2, -0.15) is 0 Å². The zero-order valence-electron chi connectivity index (χ0n) is 6.15. The van der Waals surface area contributed by atoms with Crippen LogP contribution in [0.25, 0.3) is 22.1 Å². The molecule has 0 saturated carbocycles. The van der Waals surface area contributed by atoms with Crippen LogP contribution in [-0.4, -0.2) is 4.98 Å². The Morgan fingerprint density at radius 3 is 3.00 bits per heavy atom. The third kappa shape index (κ3) is 0.580. The van der Waals surface area contributed by atoms with Crippen LogP contribution in [-0.2, 0) is 0 Å². The van der Waals surface area contributed by atoms with Crippen LogP contribution < -0.4 is 0 Å². The van der Waals surface area contributed by atoms with E-state index in [1.54, 1.807) is 18.7 Å². The van der Waals surface area contributed by atoms with Gasteiger partial charge in [0.15, 0.2) is 0 Å². The van der Waals surface area contributed by atoms with Gasteiger partial charge in [-0.15, -0.1) is 0 Å². The highest BCUT2D eigenvalue weighted by Gasteiger charge is 2.05. The van der Waals surface area contributed by atoms with Gasteiger partial charge in [-0.1, -0.05) is 0 Å². The Kier molecular flexibility index (Phi) is 0.913. The monoisotopic (exact) mass is 159 g/mol. The van der Waals surface area contributed by atoms with E-state index in [1.165, 1.54) is 0 Å². The van der Waals surface area contributed by atoms with Crippen molar-refractivity contribution in [1.29, 1.82) is 0 Å². The second-order valence-electron chi connectivity index (χ2n) is 2.60. The van der Waals surface area contributed by atoms with Gasteiger partial charge in [-0.05, 0) is 12.1 Å². The second-order valence-corrected chi connectivity index (χ2v) is 2.60. The molecule has 3 heterocycles. The van der Waals surface area contributed by atoms with Crippen LogP contribution >= 0.6 is 0 Å².